The van der Waals surface area contributed by atoms with Crippen molar-refractivity contribution in [2.24, 2.45) is 16.8 Å². The number of methoxy groups -OCH3 is 1. The average Bonchev–Trinajstić information content (AvgIpc) is 2.68. The molecule has 6 nitrogen and oxygen atoms in total. The molecule has 1 rings (SSSR count). The first-order chi connectivity index (χ1) is 13.5. The van der Waals surface area contributed by atoms with Crippen LogP contribution in [0.5, 0.6) is 11.5 Å². The molecule has 3 N–H and O–H groups in total. The number of hydrogen-bond acceptors (Lipinski definition) is 4. The fourth-order valence-electron chi connectivity index (χ4n) is 3.05. The van der Waals surface area contributed by atoms with Crippen molar-refractivity contribution in [3.05, 3.63) is 23.8 Å². The van der Waals surface area contributed by atoms with E-state index < -0.39 is 0 Å². The Morgan fingerprint density at radius 1 is 1.17 bits per heavy atom. The number of guanidine groups is 1. The van der Waals surface area contributed by atoms with Gasteiger partial charge in [-0.3, -0.25) is 0 Å². The minimum absolute atomic E-state index is 0. The molecule has 0 aliphatic heterocycles. The highest BCUT2D eigenvalue weighted by Gasteiger charge is 2.11. The van der Waals surface area contributed by atoms with E-state index in [2.05, 4.69) is 38.3 Å². The normalized spacial score (nSPS) is 12.3. The summed E-state index contributed by atoms with van der Waals surface area (Å²) in [4.78, 5) is 4.70. The summed E-state index contributed by atoms with van der Waals surface area (Å²) in [6.45, 7) is 11.6. The molecule has 168 valence electrons. The number of benzene rings is 1. The highest BCUT2D eigenvalue weighted by atomic mass is 127. The van der Waals surface area contributed by atoms with E-state index in [1.54, 1.807) is 7.11 Å². The Bertz CT molecular complexity index is 582. The Morgan fingerprint density at radius 3 is 2.52 bits per heavy atom. The molecular formula is C22H40IN3O3. The Balaban J connectivity index is 0.00000784. The van der Waals surface area contributed by atoms with Crippen LogP contribution in [0.1, 0.15) is 52.5 Å². The van der Waals surface area contributed by atoms with E-state index in [4.69, 9.17) is 14.5 Å². The quantitative estimate of drug-likeness (QED) is 0.206. The van der Waals surface area contributed by atoms with E-state index in [1.807, 2.05) is 18.2 Å². The summed E-state index contributed by atoms with van der Waals surface area (Å²) in [5, 5.41) is 16.0. The third kappa shape index (κ3) is 11.5. The number of hydrogen-bond donors (Lipinski definition) is 3. The lowest BCUT2D eigenvalue weighted by Crippen LogP contribution is -2.40. The molecule has 29 heavy (non-hydrogen) atoms. The van der Waals surface area contributed by atoms with Crippen LogP contribution in [0.4, 0.5) is 0 Å². The van der Waals surface area contributed by atoms with E-state index in [1.165, 1.54) is 0 Å². The van der Waals surface area contributed by atoms with Crippen molar-refractivity contribution in [1.29, 1.82) is 0 Å². The molecule has 0 bridgehead atoms. The maximum Gasteiger partial charge on any atom is 0.191 e. The second-order valence-corrected chi connectivity index (χ2v) is 7.42. The molecule has 0 fully saturated rings. The van der Waals surface area contributed by atoms with E-state index in [9.17, 15) is 5.11 Å². The van der Waals surface area contributed by atoms with Gasteiger partial charge in [0.15, 0.2) is 17.5 Å². The van der Waals surface area contributed by atoms with Gasteiger partial charge < -0.3 is 25.2 Å². The van der Waals surface area contributed by atoms with Gasteiger partial charge in [-0.1, -0.05) is 26.8 Å². The number of nitrogens with zero attached hydrogens (tertiary/aromatic N) is 1. The van der Waals surface area contributed by atoms with Crippen LogP contribution in [-0.2, 0) is 6.54 Å². The number of aliphatic imine (C=N–C) groups is 1. The van der Waals surface area contributed by atoms with Gasteiger partial charge in [-0.05, 0) is 55.7 Å². The van der Waals surface area contributed by atoms with Crippen LogP contribution in [0.25, 0.3) is 0 Å². The number of rotatable bonds is 13. The maximum atomic E-state index is 9.30. The molecule has 0 radical (unpaired) electrons. The molecule has 0 aliphatic rings. The van der Waals surface area contributed by atoms with Crippen molar-refractivity contribution in [2.75, 3.05) is 33.4 Å². The lowest BCUT2D eigenvalue weighted by Gasteiger charge is -2.20. The zero-order chi connectivity index (χ0) is 20.8. The van der Waals surface area contributed by atoms with Crippen molar-refractivity contribution in [1.82, 2.24) is 10.6 Å². The monoisotopic (exact) mass is 521 g/mol. The smallest absolute Gasteiger partial charge is 0.191 e. The molecule has 0 amide bonds. The number of halogens is 1. The fourth-order valence-corrected chi connectivity index (χ4v) is 3.05. The summed E-state index contributed by atoms with van der Waals surface area (Å²) in [7, 11) is 1.66. The topological polar surface area (TPSA) is 75.1 Å². The fraction of sp³-hybridized carbons (Fsp3) is 0.682. The highest BCUT2D eigenvalue weighted by Crippen LogP contribution is 2.28. The van der Waals surface area contributed by atoms with Crippen molar-refractivity contribution in [2.45, 2.75) is 53.5 Å². The van der Waals surface area contributed by atoms with Gasteiger partial charge in [0, 0.05) is 19.7 Å². The third-order valence-corrected chi connectivity index (χ3v) is 4.35. The second kappa shape index (κ2) is 16.6. The highest BCUT2D eigenvalue weighted by molar-refractivity contribution is 14.0. The number of nitrogens with one attached hydrogen (secondary N) is 2. The van der Waals surface area contributed by atoms with Crippen molar-refractivity contribution >= 4 is 29.9 Å². The van der Waals surface area contributed by atoms with Gasteiger partial charge in [0.2, 0.25) is 0 Å². The van der Waals surface area contributed by atoms with Gasteiger partial charge in [-0.15, -0.1) is 24.0 Å². The molecule has 1 aromatic carbocycles. The molecule has 0 heterocycles. The Morgan fingerprint density at radius 2 is 1.93 bits per heavy atom. The zero-order valence-electron chi connectivity index (χ0n) is 18.7. The molecule has 1 aromatic rings. The van der Waals surface area contributed by atoms with Crippen molar-refractivity contribution in [3.8, 4) is 11.5 Å². The lowest BCUT2D eigenvalue weighted by atomic mass is 9.94. The molecule has 0 aromatic heterocycles. The number of ether oxygens (including phenoxy) is 2. The van der Waals surface area contributed by atoms with Crippen LogP contribution >= 0.6 is 24.0 Å². The molecule has 1 unspecified atom stereocenters. The Hall–Kier alpha value is -1.22. The van der Waals surface area contributed by atoms with E-state index in [0.717, 1.165) is 55.4 Å². The minimum atomic E-state index is 0. The van der Waals surface area contributed by atoms with Crippen LogP contribution in [-0.4, -0.2) is 44.5 Å². The van der Waals surface area contributed by atoms with Gasteiger partial charge in [0.05, 0.1) is 20.3 Å². The Kier molecular flexibility index (Phi) is 15.9. The summed E-state index contributed by atoms with van der Waals surface area (Å²) in [5.41, 5.74) is 1.06. The molecule has 0 spiro atoms. The predicted octanol–water partition coefficient (Wildman–Crippen LogP) is 4.20. The summed E-state index contributed by atoms with van der Waals surface area (Å²) in [6.07, 6.45) is 2.85. The third-order valence-electron chi connectivity index (χ3n) is 4.35. The number of aliphatic hydroxyl groups excluding tert-OH is 1. The standard InChI is InChI=1S/C22H39N3O3.HI/c1-6-12-28-20-9-8-18(14-21(20)27-5)15-24-22(23-7-2)25-16-19(10-11-26)13-17(3)4;/h8-9,14,17,19,26H,6-7,10-13,15-16H2,1-5H3,(H2,23,24,25);1H. The molecular weight excluding hydrogens is 481 g/mol. The van der Waals surface area contributed by atoms with Crippen LogP contribution in [0.3, 0.4) is 0 Å². The maximum absolute atomic E-state index is 9.30. The lowest BCUT2D eigenvalue weighted by molar-refractivity contribution is 0.243. The molecule has 0 saturated heterocycles. The average molecular weight is 521 g/mol. The first-order valence-corrected chi connectivity index (χ1v) is 10.5. The van der Waals surface area contributed by atoms with E-state index in [0.29, 0.717) is 25.0 Å². The van der Waals surface area contributed by atoms with Gasteiger partial charge >= 0.3 is 0 Å². The van der Waals surface area contributed by atoms with Gasteiger partial charge in [-0.25, -0.2) is 4.99 Å². The SMILES string of the molecule is CCCOc1ccc(CN=C(NCC)NCC(CCO)CC(C)C)cc1OC.I. The summed E-state index contributed by atoms with van der Waals surface area (Å²) >= 11 is 0. The Labute approximate surface area is 193 Å². The van der Waals surface area contributed by atoms with Crippen LogP contribution in [0.2, 0.25) is 0 Å². The first kappa shape index (κ1) is 27.8. The van der Waals surface area contributed by atoms with Crippen LogP contribution in [0.15, 0.2) is 23.2 Å². The molecule has 1 atom stereocenters. The molecule has 0 saturated carbocycles. The van der Waals surface area contributed by atoms with Crippen molar-refractivity contribution < 1.29 is 14.6 Å². The number of aliphatic hydroxyl groups is 1. The van der Waals surface area contributed by atoms with Gasteiger partial charge in [0.1, 0.15) is 0 Å². The first-order valence-electron chi connectivity index (χ1n) is 10.5. The van der Waals surface area contributed by atoms with Crippen LogP contribution in [0, 0.1) is 11.8 Å². The van der Waals surface area contributed by atoms with Gasteiger partial charge in [-0.2, -0.15) is 0 Å². The predicted molar refractivity (Wildman–Crippen MR) is 132 cm³/mol. The van der Waals surface area contributed by atoms with E-state index in [-0.39, 0.29) is 30.6 Å². The van der Waals surface area contributed by atoms with Crippen molar-refractivity contribution in [3.63, 3.8) is 0 Å². The summed E-state index contributed by atoms with van der Waals surface area (Å²) < 4.78 is 11.2. The summed E-state index contributed by atoms with van der Waals surface area (Å²) in [6, 6.07) is 5.94. The van der Waals surface area contributed by atoms with E-state index >= 15 is 0 Å². The second-order valence-electron chi connectivity index (χ2n) is 7.42. The summed E-state index contributed by atoms with van der Waals surface area (Å²) in [5.74, 6) is 3.34. The van der Waals surface area contributed by atoms with Crippen LogP contribution < -0.4 is 20.1 Å². The van der Waals surface area contributed by atoms with Gasteiger partial charge in [0.25, 0.3) is 0 Å². The molecule has 0 aliphatic carbocycles. The zero-order valence-corrected chi connectivity index (χ0v) is 21.0. The largest absolute Gasteiger partial charge is 0.493 e. The minimum Gasteiger partial charge on any atom is -0.493 e. The molecule has 7 heteroatoms.